The number of carbonyl (C=O) groups is 2. The Bertz CT molecular complexity index is 1210. The lowest BCUT2D eigenvalue weighted by molar-refractivity contribution is -0.140. The molecular weight excluding hydrogens is 571 g/mol. The predicted octanol–water partition coefficient (Wildman–Crippen LogP) is 6.78. The summed E-state index contributed by atoms with van der Waals surface area (Å²) in [6, 6.07) is 7.43. The van der Waals surface area contributed by atoms with Gasteiger partial charge in [0, 0.05) is 37.8 Å². The van der Waals surface area contributed by atoms with Crippen molar-refractivity contribution < 1.29 is 27.2 Å². The molecule has 2 atom stereocenters. The summed E-state index contributed by atoms with van der Waals surface area (Å²) >= 11 is 12.1. The summed E-state index contributed by atoms with van der Waals surface area (Å²) in [7, 11) is 0. The topological polar surface area (TPSA) is 64.7 Å². The fraction of sp³-hybridized carbons (Fsp3) is 0.500. The molecule has 1 saturated carbocycles. The number of urea groups is 1. The van der Waals surface area contributed by atoms with E-state index >= 15 is 0 Å². The normalized spacial score (nSPS) is 19.7. The third kappa shape index (κ3) is 8.24. The smallest absolute Gasteiger partial charge is 0.356 e. The molecule has 2 aliphatic rings. The molecule has 4 rings (SSSR count). The molecule has 2 fully saturated rings. The van der Waals surface area contributed by atoms with Gasteiger partial charge in [0.15, 0.2) is 0 Å². The molecule has 0 unspecified atom stereocenters. The van der Waals surface area contributed by atoms with Crippen molar-refractivity contribution >= 4 is 40.8 Å². The molecule has 40 heavy (non-hydrogen) atoms. The van der Waals surface area contributed by atoms with E-state index in [-0.39, 0.29) is 23.4 Å². The van der Waals surface area contributed by atoms with E-state index in [1.807, 2.05) is 12.1 Å². The van der Waals surface area contributed by atoms with Crippen molar-refractivity contribution in [2.24, 2.45) is 5.92 Å². The highest BCUT2D eigenvalue weighted by atomic mass is 35.5. The summed E-state index contributed by atoms with van der Waals surface area (Å²) in [6.07, 6.45) is -0.515. The third-order valence-corrected chi connectivity index (χ3v) is 8.09. The molecule has 1 saturated heterocycles. The van der Waals surface area contributed by atoms with Crippen molar-refractivity contribution in [3.05, 3.63) is 63.4 Å². The Labute approximate surface area is 241 Å². The van der Waals surface area contributed by atoms with Crippen LogP contribution in [0.5, 0.6) is 0 Å². The van der Waals surface area contributed by atoms with Crippen molar-refractivity contribution in [3.8, 4) is 0 Å². The minimum Gasteiger partial charge on any atom is -0.356 e. The SMILES string of the molecule is O=C(NCCCCCN1CCCN(C(=O)Nc2ccc(F)c(C(F)(F)F)c2)CC1)[C@@H]1C[C@H]1c1ccc(Cl)c(Cl)c1. The molecule has 0 radical (unpaired) electrons. The monoisotopic (exact) mass is 602 g/mol. The van der Waals surface area contributed by atoms with Gasteiger partial charge in [-0.2, -0.15) is 13.2 Å². The zero-order chi connectivity index (χ0) is 28.9. The van der Waals surface area contributed by atoms with E-state index in [0.717, 1.165) is 56.8 Å². The number of hydrogen-bond acceptors (Lipinski definition) is 3. The van der Waals surface area contributed by atoms with E-state index in [0.29, 0.717) is 48.4 Å². The molecule has 0 bridgehead atoms. The first-order chi connectivity index (χ1) is 19.0. The second-order valence-corrected chi connectivity index (χ2v) is 11.1. The number of nitrogens with zero attached hydrogens (tertiary/aromatic N) is 2. The largest absolute Gasteiger partial charge is 0.419 e. The van der Waals surface area contributed by atoms with Gasteiger partial charge < -0.3 is 20.4 Å². The number of benzene rings is 2. The van der Waals surface area contributed by atoms with Crippen LogP contribution in [0, 0.1) is 11.7 Å². The Hall–Kier alpha value is -2.56. The first kappa shape index (κ1) is 30.4. The third-order valence-electron chi connectivity index (χ3n) is 7.35. The van der Waals surface area contributed by atoms with Crippen LogP contribution in [0.1, 0.15) is 49.1 Å². The van der Waals surface area contributed by atoms with Gasteiger partial charge in [0.05, 0.1) is 15.6 Å². The van der Waals surface area contributed by atoms with Gasteiger partial charge in [-0.05, 0) is 80.6 Å². The van der Waals surface area contributed by atoms with Crippen LogP contribution in [-0.4, -0.2) is 61.0 Å². The molecule has 218 valence electrons. The maximum Gasteiger partial charge on any atom is 0.419 e. The molecule has 2 N–H and O–H groups in total. The zero-order valence-corrected chi connectivity index (χ0v) is 23.4. The van der Waals surface area contributed by atoms with Crippen LogP contribution < -0.4 is 10.6 Å². The molecule has 12 heteroatoms. The second-order valence-electron chi connectivity index (χ2n) is 10.3. The average Bonchev–Trinajstić information content (AvgIpc) is 3.72. The lowest BCUT2D eigenvalue weighted by Crippen LogP contribution is -2.38. The quantitative estimate of drug-likeness (QED) is 0.245. The summed E-state index contributed by atoms with van der Waals surface area (Å²) in [6.45, 7) is 3.87. The van der Waals surface area contributed by atoms with Gasteiger partial charge >= 0.3 is 12.2 Å². The number of amides is 3. The van der Waals surface area contributed by atoms with Crippen molar-refractivity contribution in [1.82, 2.24) is 15.1 Å². The molecule has 3 amide bonds. The lowest BCUT2D eigenvalue weighted by atomic mass is 10.1. The summed E-state index contributed by atoms with van der Waals surface area (Å²) in [5.74, 6) is -1.15. The van der Waals surface area contributed by atoms with Crippen molar-refractivity contribution in [2.75, 3.05) is 44.6 Å². The van der Waals surface area contributed by atoms with Crippen LogP contribution in [0.2, 0.25) is 10.0 Å². The minimum absolute atomic E-state index is 0.0239. The summed E-state index contributed by atoms with van der Waals surface area (Å²) in [5, 5.41) is 6.48. The predicted molar refractivity (Wildman–Crippen MR) is 147 cm³/mol. The van der Waals surface area contributed by atoms with Gasteiger partial charge in [0.1, 0.15) is 5.82 Å². The maximum absolute atomic E-state index is 13.5. The Morgan fingerprint density at radius 2 is 1.75 bits per heavy atom. The standard InChI is InChI=1S/C28H32Cl2F4N4O2/c29-23-7-5-18(15-24(23)30)20-17-21(20)26(39)35-9-2-1-3-10-37-11-4-12-38(14-13-37)27(40)36-19-6-8-25(31)22(16-19)28(32,33)34/h5-8,15-16,20-21H,1-4,9-14,17H2,(H,35,39)(H,36,40)/t20-,21+/m0/s1. The Morgan fingerprint density at radius 1 is 0.950 bits per heavy atom. The van der Waals surface area contributed by atoms with Gasteiger partial charge in [-0.1, -0.05) is 35.7 Å². The van der Waals surface area contributed by atoms with Gasteiger partial charge in [0.2, 0.25) is 5.91 Å². The highest BCUT2D eigenvalue weighted by Gasteiger charge is 2.43. The number of carbonyl (C=O) groups excluding carboxylic acids is 2. The molecule has 1 heterocycles. The van der Waals surface area contributed by atoms with Crippen molar-refractivity contribution in [2.45, 2.75) is 44.2 Å². The van der Waals surface area contributed by atoms with Gasteiger partial charge in [0.25, 0.3) is 0 Å². The van der Waals surface area contributed by atoms with Crippen molar-refractivity contribution in [3.63, 3.8) is 0 Å². The number of rotatable bonds is 9. The van der Waals surface area contributed by atoms with Crippen LogP contribution in [0.4, 0.5) is 28.0 Å². The van der Waals surface area contributed by atoms with Gasteiger partial charge in [-0.3, -0.25) is 4.79 Å². The van der Waals surface area contributed by atoms with Crippen molar-refractivity contribution in [1.29, 1.82) is 0 Å². The first-order valence-electron chi connectivity index (χ1n) is 13.4. The fourth-order valence-electron chi connectivity index (χ4n) is 5.00. The number of nitrogens with one attached hydrogen (secondary N) is 2. The van der Waals surface area contributed by atoms with E-state index in [1.165, 1.54) is 0 Å². The Balaban J connectivity index is 1.10. The summed E-state index contributed by atoms with van der Waals surface area (Å²) in [4.78, 5) is 28.9. The number of halogens is 6. The van der Waals surface area contributed by atoms with Crippen LogP contribution in [0.25, 0.3) is 0 Å². The Kier molecular flexibility index (Phi) is 10.2. The van der Waals surface area contributed by atoms with Crippen LogP contribution >= 0.6 is 23.2 Å². The number of hydrogen-bond donors (Lipinski definition) is 2. The minimum atomic E-state index is -4.84. The number of unbranched alkanes of at least 4 members (excludes halogenated alkanes) is 2. The molecule has 1 aliphatic carbocycles. The molecule has 2 aromatic rings. The molecule has 0 spiro atoms. The van der Waals surface area contributed by atoms with Gasteiger partial charge in [-0.15, -0.1) is 0 Å². The lowest BCUT2D eigenvalue weighted by Gasteiger charge is -2.22. The second kappa shape index (κ2) is 13.4. The van der Waals surface area contributed by atoms with E-state index in [9.17, 15) is 27.2 Å². The summed E-state index contributed by atoms with van der Waals surface area (Å²) in [5.41, 5.74) is -0.473. The van der Waals surface area contributed by atoms with Crippen LogP contribution in [-0.2, 0) is 11.0 Å². The average molecular weight is 603 g/mol. The maximum atomic E-state index is 13.5. The van der Waals surface area contributed by atoms with Crippen LogP contribution in [0.3, 0.4) is 0 Å². The fourth-order valence-corrected chi connectivity index (χ4v) is 5.30. The van der Waals surface area contributed by atoms with E-state index in [4.69, 9.17) is 23.2 Å². The van der Waals surface area contributed by atoms with E-state index in [1.54, 1.807) is 11.0 Å². The number of anilines is 1. The highest BCUT2D eigenvalue weighted by molar-refractivity contribution is 6.42. The molecule has 0 aromatic heterocycles. The van der Waals surface area contributed by atoms with Gasteiger partial charge in [-0.25, -0.2) is 9.18 Å². The zero-order valence-electron chi connectivity index (χ0n) is 21.9. The van der Waals surface area contributed by atoms with E-state index < -0.39 is 23.6 Å². The summed E-state index contributed by atoms with van der Waals surface area (Å²) < 4.78 is 52.4. The molecular formula is C28H32Cl2F4N4O2. The van der Waals surface area contributed by atoms with E-state index in [2.05, 4.69) is 15.5 Å². The van der Waals surface area contributed by atoms with Crippen LogP contribution in [0.15, 0.2) is 36.4 Å². The Morgan fingerprint density at radius 3 is 2.50 bits per heavy atom. The highest BCUT2D eigenvalue weighted by Crippen LogP contribution is 2.48. The molecule has 1 aliphatic heterocycles. The molecule has 6 nitrogen and oxygen atoms in total. The number of alkyl halides is 3. The first-order valence-corrected chi connectivity index (χ1v) is 14.2. The molecule has 2 aromatic carbocycles.